The number of phenolic OH excluding ortho intramolecular Hbond substituents is 1. The summed E-state index contributed by atoms with van der Waals surface area (Å²) in [5.74, 6) is -0.959. The SMILES string of the molecule is COc1cc(C=NNC(=O)Cc2ccc(Br)cc2)cc([N+](=O)[O-])c1O. The van der Waals surface area contributed by atoms with Crippen LogP contribution in [0.25, 0.3) is 0 Å². The van der Waals surface area contributed by atoms with Gasteiger partial charge in [-0.3, -0.25) is 14.9 Å². The van der Waals surface area contributed by atoms with Crippen LogP contribution < -0.4 is 10.2 Å². The monoisotopic (exact) mass is 407 g/mol. The Hall–Kier alpha value is -2.94. The highest BCUT2D eigenvalue weighted by Crippen LogP contribution is 2.36. The summed E-state index contributed by atoms with van der Waals surface area (Å²) >= 11 is 3.31. The third kappa shape index (κ3) is 5.01. The molecule has 8 nitrogen and oxygen atoms in total. The molecule has 0 aliphatic heterocycles. The molecule has 0 aromatic heterocycles. The minimum Gasteiger partial charge on any atom is -0.500 e. The normalized spacial score (nSPS) is 10.6. The maximum atomic E-state index is 11.8. The molecule has 0 aliphatic carbocycles. The molecule has 1 amide bonds. The van der Waals surface area contributed by atoms with Gasteiger partial charge >= 0.3 is 5.69 Å². The van der Waals surface area contributed by atoms with Crippen LogP contribution in [0.1, 0.15) is 11.1 Å². The number of ether oxygens (including phenoxy) is 1. The second kappa shape index (κ2) is 8.25. The van der Waals surface area contributed by atoms with Crippen molar-refractivity contribution in [3.63, 3.8) is 0 Å². The lowest BCUT2D eigenvalue weighted by molar-refractivity contribution is -0.386. The van der Waals surface area contributed by atoms with E-state index in [2.05, 4.69) is 26.5 Å². The minimum absolute atomic E-state index is 0.0585. The predicted molar refractivity (Wildman–Crippen MR) is 94.9 cm³/mol. The molecule has 9 heteroatoms. The second-order valence-electron chi connectivity index (χ2n) is 4.94. The van der Waals surface area contributed by atoms with E-state index in [9.17, 15) is 20.0 Å². The van der Waals surface area contributed by atoms with E-state index in [1.165, 1.54) is 19.4 Å². The fourth-order valence-electron chi connectivity index (χ4n) is 1.99. The van der Waals surface area contributed by atoms with Gasteiger partial charge in [-0.1, -0.05) is 28.1 Å². The minimum atomic E-state index is -0.735. The van der Waals surface area contributed by atoms with Gasteiger partial charge in [0.25, 0.3) is 0 Å². The number of hydrazone groups is 1. The average molecular weight is 408 g/mol. The second-order valence-corrected chi connectivity index (χ2v) is 5.86. The third-order valence-electron chi connectivity index (χ3n) is 3.17. The van der Waals surface area contributed by atoms with Crippen molar-refractivity contribution in [2.45, 2.75) is 6.42 Å². The zero-order chi connectivity index (χ0) is 18.4. The standard InChI is InChI=1S/C16H14BrN3O5/c1-25-14-7-11(6-13(16(14)22)20(23)24)9-18-19-15(21)8-10-2-4-12(17)5-3-10/h2-7,9,22H,8H2,1H3,(H,19,21). The van der Waals surface area contributed by atoms with E-state index in [1.54, 1.807) is 0 Å². The number of phenols is 1. The molecule has 2 aromatic rings. The number of benzene rings is 2. The highest BCUT2D eigenvalue weighted by atomic mass is 79.9. The van der Waals surface area contributed by atoms with E-state index in [4.69, 9.17) is 4.74 Å². The highest BCUT2D eigenvalue weighted by Gasteiger charge is 2.19. The Labute approximate surface area is 151 Å². The van der Waals surface area contributed by atoms with Crippen molar-refractivity contribution in [3.8, 4) is 11.5 Å². The first-order valence-corrected chi connectivity index (χ1v) is 7.81. The molecule has 130 valence electrons. The lowest BCUT2D eigenvalue weighted by atomic mass is 10.1. The van der Waals surface area contributed by atoms with E-state index in [0.29, 0.717) is 5.56 Å². The van der Waals surface area contributed by atoms with Gasteiger partial charge in [-0.2, -0.15) is 5.10 Å². The van der Waals surface area contributed by atoms with E-state index in [-0.39, 0.29) is 18.1 Å². The number of nitrogens with zero attached hydrogens (tertiary/aromatic N) is 2. The molecule has 0 spiro atoms. The lowest BCUT2D eigenvalue weighted by Gasteiger charge is -2.05. The number of hydrogen-bond donors (Lipinski definition) is 2. The molecular formula is C16H14BrN3O5. The molecule has 0 radical (unpaired) electrons. The molecule has 0 aliphatic rings. The van der Waals surface area contributed by atoms with Gasteiger partial charge in [0, 0.05) is 16.1 Å². The molecule has 0 bridgehead atoms. The van der Waals surface area contributed by atoms with Crippen LogP contribution >= 0.6 is 15.9 Å². The zero-order valence-corrected chi connectivity index (χ0v) is 14.7. The van der Waals surface area contributed by atoms with Gasteiger partial charge in [-0.15, -0.1) is 0 Å². The van der Waals surface area contributed by atoms with Crippen molar-refractivity contribution >= 4 is 33.7 Å². The van der Waals surface area contributed by atoms with E-state index in [0.717, 1.165) is 16.1 Å². The van der Waals surface area contributed by atoms with Gasteiger partial charge in [-0.05, 0) is 23.8 Å². The van der Waals surface area contributed by atoms with Crippen LogP contribution in [0.3, 0.4) is 0 Å². The first kappa shape index (κ1) is 18.4. The summed E-state index contributed by atoms with van der Waals surface area (Å²) in [5, 5.41) is 24.4. The van der Waals surface area contributed by atoms with Crippen LogP contribution in [-0.2, 0) is 11.2 Å². The molecule has 0 saturated heterocycles. The highest BCUT2D eigenvalue weighted by molar-refractivity contribution is 9.10. The first-order chi connectivity index (χ1) is 11.9. The van der Waals surface area contributed by atoms with Crippen molar-refractivity contribution in [2.75, 3.05) is 7.11 Å². The largest absolute Gasteiger partial charge is 0.500 e. The molecule has 2 aromatic carbocycles. The number of halogens is 1. The number of nitro groups is 1. The number of amides is 1. The number of rotatable bonds is 6. The Morgan fingerprint density at radius 1 is 1.40 bits per heavy atom. The first-order valence-electron chi connectivity index (χ1n) is 7.02. The number of aromatic hydroxyl groups is 1. The third-order valence-corrected chi connectivity index (χ3v) is 3.70. The molecule has 2 rings (SSSR count). The summed E-state index contributed by atoms with van der Waals surface area (Å²) in [4.78, 5) is 22.0. The van der Waals surface area contributed by atoms with E-state index < -0.39 is 16.4 Å². The van der Waals surface area contributed by atoms with Crippen LogP contribution in [-0.4, -0.2) is 29.3 Å². The molecule has 0 fully saturated rings. The van der Waals surface area contributed by atoms with Gasteiger partial charge in [0.1, 0.15) is 0 Å². The summed E-state index contributed by atoms with van der Waals surface area (Å²) in [6.45, 7) is 0. The smallest absolute Gasteiger partial charge is 0.315 e. The Kier molecular flexibility index (Phi) is 6.07. The number of carbonyl (C=O) groups excluding carboxylic acids is 1. The summed E-state index contributed by atoms with van der Waals surface area (Å²) in [6, 6.07) is 9.76. The van der Waals surface area contributed by atoms with Crippen LogP contribution in [0.4, 0.5) is 5.69 Å². The number of nitro benzene ring substituents is 1. The topological polar surface area (TPSA) is 114 Å². The van der Waals surface area contributed by atoms with Crippen LogP contribution in [0.5, 0.6) is 11.5 Å². The maximum Gasteiger partial charge on any atom is 0.315 e. The Balaban J connectivity index is 2.06. The van der Waals surface area contributed by atoms with Gasteiger partial charge < -0.3 is 9.84 Å². The summed E-state index contributed by atoms with van der Waals surface area (Å²) in [5.41, 5.74) is 2.94. The molecule has 0 unspecified atom stereocenters. The molecule has 0 saturated carbocycles. The van der Waals surface area contributed by atoms with Gasteiger partial charge in [0.05, 0.1) is 24.7 Å². The molecule has 0 atom stereocenters. The summed E-state index contributed by atoms with van der Waals surface area (Å²) in [7, 11) is 1.28. The predicted octanol–water partition coefficient (Wildman–Crippen LogP) is 2.76. The van der Waals surface area contributed by atoms with E-state index in [1.807, 2.05) is 24.3 Å². The van der Waals surface area contributed by atoms with Crippen LogP contribution in [0, 0.1) is 10.1 Å². The maximum absolute atomic E-state index is 11.8. The average Bonchev–Trinajstić information content (AvgIpc) is 2.58. The number of nitrogens with one attached hydrogen (secondary N) is 1. The van der Waals surface area contributed by atoms with Crippen molar-refractivity contribution < 1.29 is 19.6 Å². The van der Waals surface area contributed by atoms with Crippen molar-refractivity contribution in [1.29, 1.82) is 0 Å². The summed E-state index contributed by atoms with van der Waals surface area (Å²) < 4.78 is 5.80. The fraction of sp³-hybridized carbons (Fsp3) is 0.125. The Bertz CT molecular complexity index is 821. The van der Waals surface area contributed by atoms with E-state index >= 15 is 0 Å². The number of hydrogen-bond acceptors (Lipinski definition) is 6. The zero-order valence-electron chi connectivity index (χ0n) is 13.1. The van der Waals surface area contributed by atoms with Crippen LogP contribution in [0.2, 0.25) is 0 Å². The van der Waals surface area contributed by atoms with Crippen molar-refractivity contribution in [2.24, 2.45) is 5.10 Å². The van der Waals surface area contributed by atoms with Crippen molar-refractivity contribution in [1.82, 2.24) is 5.43 Å². The van der Waals surface area contributed by atoms with Gasteiger partial charge in [-0.25, -0.2) is 5.43 Å². The molecule has 0 heterocycles. The Morgan fingerprint density at radius 3 is 2.68 bits per heavy atom. The molecule has 2 N–H and O–H groups in total. The Morgan fingerprint density at radius 2 is 2.08 bits per heavy atom. The molecular weight excluding hydrogens is 394 g/mol. The lowest BCUT2D eigenvalue weighted by Crippen LogP contribution is -2.19. The van der Waals surface area contributed by atoms with Crippen molar-refractivity contribution in [3.05, 3.63) is 62.1 Å². The van der Waals surface area contributed by atoms with Gasteiger partial charge in [0.2, 0.25) is 11.7 Å². The number of methoxy groups -OCH3 is 1. The summed E-state index contributed by atoms with van der Waals surface area (Å²) in [6.07, 6.45) is 1.37. The quantitative estimate of drug-likeness (QED) is 0.434. The number of carbonyl (C=O) groups is 1. The molecule has 25 heavy (non-hydrogen) atoms. The van der Waals surface area contributed by atoms with Crippen LogP contribution in [0.15, 0.2) is 46.0 Å². The fourth-order valence-corrected chi connectivity index (χ4v) is 2.25. The van der Waals surface area contributed by atoms with Gasteiger partial charge in [0.15, 0.2) is 5.75 Å².